The van der Waals surface area contributed by atoms with Gasteiger partial charge in [0.15, 0.2) is 6.23 Å². The first-order valence-corrected chi connectivity index (χ1v) is 13.4. The minimum Gasteiger partial charge on any atom is -0.384 e. The number of aliphatic hydroxyl groups excluding tert-OH is 1. The van der Waals surface area contributed by atoms with Crippen LogP contribution >= 0.6 is 22.4 Å². The third-order valence-corrected chi connectivity index (χ3v) is 8.53. The number of amides is 1. The van der Waals surface area contributed by atoms with Gasteiger partial charge in [-0.1, -0.05) is 6.58 Å². The molecule has 2 aliphatic heterocycles. The maximum absolute atomic E-state index is 15.2. The van der Waals surface area contributed by atoms with E-state index in [9.17, 15) is 33.9 Å². The van der Waals surface area contributed by atoms with Gasteiger partial charge in [0.2, 0.25) is 0 Å². The lowest BCUT2D eigenvalue weighted by molar-refractivity contribution is -0.206. The summed E-state index contributed by atoms with van der Waals surface area (Å²) in [4.78, 5) is 48.3. The molecule has 2 aliphatic rings. The van der Waals surface area contributed by atoms with Crippen molar-refractivity contribution in [2.45, 2.75) is 30.7 Å². The molecule has 178 valence electrons. The number of hydrogen-bond donors (Lipinski definition) is 7. The van der Waals surface area contributed by atoms with Crippen LogP contribution in [0.4, 0.5) is 4.39 Å². The Bertz CT molecular complexity index is 940. The van der Waals surface area contributed by atoms with Gasteiger partial charge in [-0.15, -0.1) is 0 Å². The van der Waals surface area contributed by atoms with Crippen molar-refractivity contribution in [2.75, 3.05) is 6.61 Å². The van der Waals surface area contributed by atoms with Crippen molar-refractivity contribution in [1.29, 1.82) is 0 Å². The summed E-state index contributed by atoms with van der Waals surface area (Å²) in [5, 5.41) is 23.0. The fourth-order valence-corrected chi connectivity index (χ4v) is 6.52. The maximum Gasteiger partial charge on any atom is 0.488 e. The average Bonchev–Trinajstić information content (AvgIpc) is 2.71. The zero-order valence-electron chi connectivity index (χ0n) is 15.3. The second-order valence-electron chi connectivity index (χ2n) is 6.41. The van der Waals surface area contributed by atoms with Crippen molar-refractivity contribution >= 4 is 40.1 Å². The molecule has 1 saturated heterocycles. The van der Waals surface area contributed by atoms with Gasteiger partial charge in [-0.25, -0.2) is 17.8 Å². The smallest absolute Gasteiger partial charge is 0.384 e. The Labute approximate surface area is 178 Å². The Hall–Kier alpha value is -0.610. The Kier molecular flexibility index (Phi) is 7.42. The maximum atomic E-state index is 15.2. The lowest BCUT2D eigenvalue weighted by Crippen LogP contribution is -2.54. The standard InChI is InChI=1S/C11H18FN2O13P3S/c1-6-13-7(15)3-4-14(6)9-10(2,17)8(16)11(12,25-9)5-24-30(23,31)27-29(21,22)26-28(18,19)20/h3-4,8-9,16-17H,1,5H2,2H3,(H,13,15)(H,21,22)(H,23,31)(H2,18,19,20)/t8-,9+,10+,11+,30+/m0/s1. The summed E-state index contributed by atoms with van der Waals surface area (Å²) in [5.74, 6) is -4.00. The zero-order chi connectivity index (χ0) is 24.0. The fourth-order valence-electron chi connectivity index (χ4n) is 2.57. The third-order valence-electron chi connectivity index (χ3n) is 3.83. The number of alkyl halides is 1. The molecule has 6 atom stereocenters. The highest BCUT2D eigenvalue weighted by molar-refractivity contribution is 8.08. The average molecular weight is 530 g/mol. The van der Waals surface area contributed by atoms with E-state index >= 15 is 4.39 Å². The van der Waals surface area contributed by atoms with Crippen LogP contribution in [-0.2, 0) is 43.6 Å². The normalized spacial score (nSPS) is 35.5. The highest BCUT2D eigenvalue weighted by Gasteiger charge is 2.64. The summed E-state index contributed by atoms with van der Waals surface area (Å²) < 4.78 is 54.3. The Morgan fingerprint density at radius 3 is 2.45 bits per heavy atom. The van der Waals surface area contributed by atoms with E-state index in [2.05, 4.69) is 36.8 Å². The second-order valence-corrected chi connectivity index (χ2v) is 12.2. The van der Waals surface area contributed by atoms with Crippen molar-refractivity contribution in [3.05, 3.63) is 24.7 Å². The number of aliphatic hydroxyl groups is 2. The highest BCUT2D eigenvalue weighted by atomic mass is 32.5. The Balaban J connectivity index is 2.16. The summed E-state index contributed by atoms with van der Waals surface area (Å²) in [5.41, 5.74) is -2.36. The zero-order valence-corrected chi connectivity index (χ0v) is 18.8. The first kappa shape index (κ1) is 26.6. The molecule has 0 saturated carbocycles. The van der Waals surface area contributed by atoms with E-state index in [4.69, 9.17) is 14.5 Å². The van der Waals surface area contributed by atoms with Gasteiger partial charge < -0.3 is 49.3 Å². The predicted octanol–water partition coefficient (Wildman–Crippen LogP) is -1.00. The topological polar surface area (TPSA) is 225 Å². The molecule has 0 aliphatic carbocycles. The van der Waals surface area contributed by atoms with Crippen LogP contribution in [0.5, 0.6) is 0 Å². The lowest BCUT2D eigenvalue weighted by Gasteiger charge is -2.36. The van der Waals surface area contributed by atoms with Crippen LogP contribution in [0, 0.1) is 0 Å². The van der Waals surface area contributed by atoms with Gasteiger partial charge in [0.25, 0.3) is 11.8 Å². The molecular weight excluding hydrogens is 512 g/mol. The first-order chi connectivity index (χ1) is 13.8. The van der Waals surface area contributed by atoms with Gasteiger partial charge in [-0.05, 0) is 18.7 Å². The second kappa shape index (κ2) is 8.63. The molecule has 0 spiro atoms. The molecule has 2 rings (SSSR count). The summed E-state index contributed by atoms with van der Waals surface area (Å²) in [6, 6.07) is 0. The monoisotopic (exact) mass is 530 g/mol. The molecule has 1 unspecified atom stereocenters. The number of nitrogens with one attached hydrogen (secondary N) is 1. The van der Waals surface area contributed by atoms with Gasteiger partial charge in [-0.3, -0.25) is 4.79 Å². The summed E-state index contributed by atoms with van der Waals surface area (Å²) in [6.45, 7) is -1.90. The molecule has 1 fully saturated rings. The summed E-state index contributed by atoms with van der Waals surface area (Å²) in [6.07, 6.45) is -1.96. The fraction of sp³-hybridized carbons (Fsp3) is 0.545. The summed E-state index contributed by atoms with van der Waals surface area (Å²) >= 11 is 4.35. The minimum absolute atomic E-state index is 0.137. The number of phosphoric acid groups is 2. The largest absolute Gasteiger partial charge is 0.488 e. The SMILES string of the molecule is C=C1NC(=O)C=CN1[C@@H]1O[C@](F)(CO[P@@](O)(=S)OP(=O)(O)OP(=O)(O)O)[C@@H](O)[C@@]1(C)O. The molecule has 7 N–H and O–H groups in total. The molecular formula is C11H18FN2O13P3S. The minimum atomic E-state index is -5.65. The first-order valence-electron chi connectivity index (χ1n) is 7.80. The van der Waals surface area contributed by atoms with Crippen molar-refractivity contribution in [3.63, 3.8) is 0 Å². The number of hydrogen-bond acceptors (Lipinski definition) is 11. The van der Waals surface area contributed by atoms with Gasteiger partial charge in [0.05, 0.1) is 0 Å². The molecule has 31 heavy (non-hydrogen) atoms. The van der Waals surface area contributed by atoms with E-state index < -0.39 is 58.7 Å². The third kappa shape index (κ3) is 6.47. The van der Waals surface area contributed by atoms with Crippen LogP contribution in [0.15, 0.2) is 24.7 Å². The summed E-state index contributed by atoms with van der Waals surface area (Å²) in [7, 11) is -11.2. The Morgan fingerprint density at radius 2 is 1.94 bits per heavy atom. The van der Waals surface area contributed by atoms with E-state index in [1.165, 1.54) is 0 Å². The molecule has 2 heterocycles. The van der Waals surface area contributed by atoms with Gasteiger partial charge >= 0.3 is 22.4 Å². The van der Waals surface area contributed by atoms with E-state index in [0.717, 1.165) is 24.1 Å². The van der Waals surface area contributed by atoms with Crippen molar-refractivity contribution in [3.8, 4) is 0 Å². The van der Waals surface area contributed by atoms with Crippen molar-refractivity contribution in [2.24, 2.45) is 0 Å². The van der Waals surface area contributed by atoms with Gasteiger partial charge in [-0.2, -0.15) is 4.31 Å². The van der Waals surface area contributed by atoms with Crippen LogP contribution in [0.3, 0.4) is 0 Å². The van der Waals surface area contributed by atoms with E-state index in [0.29, 0.717) is 0 Å². The van der Waals surface area contributed by atoms with Crippen LogP contribution < -0.4 is 5.32 Å². The molecule has 0 radical (unpaired) electrons. The molecule has 15 nitrogen and oxygen atoms in total. The van der Waals surface area contributed by atoms with Crippen molar-refractivity contribution in [1.82, 2.24) is 10.2 Å². The van der Waals surface area contributed by atoms with Crippen LogP contribution in [-0.4, -0.2) is 71.0 Å². The van der Waals surface area contributed by atoms with E-state index in [1.807, 2.05) is 0 Å². The quantitative estimate of drug-likeness (QED) is 0.187. The Morgan fingerprint density at radius 1 is 1.35 bits per heavy atom. The number of carbonyl (C=O) groups is 1. The van der Waals surface area contributed by atoms with Crippen LogP contribution in [0.1, 0.15) is 6.92 Å². The predicted molar refractivity (Wildman–Crippen MR) is 100 cm³/mol. The molecule has 0 aromatic carbocycles. The molecule has 20 heteroatoms. The molecule has 0 aromatic rings. The lowest BCUT2D eigenvalue weighted by atomic mass is 9.95. The van der Waals surface area contributed by atoms with Crippen molar-refractivity contribution < 1.29 is 66.0 Å². The number of carbonyl (C=O) groups excluding carboxylic acids is 1. The number of nitrogens with zero attached hydrogens (tertiary/aromatic N) is 1. The van der Waals surface area contributed by atoms with Gasteiger partial charge in [0.1, 0.15) is 24.1 Å². The van der Waals surface area contributed by atoms with E-state index in [1.54, 1.807) is 0 Å². The number of rotatable bonds is 8. The molecule has 1 amide bonds. The number of halogens is 1. The van der Waals surface area contributed by atoms with Crippen LogP contribution in [0.2, 0.25) is 0 Å². The van der Waals surface area contributed by atoms with E-state index in [-0.39, 0.29) is 5.82 Å². The van der Waals surface area contributed by atoms with Gasteiger partial charge in [0, 0.05) is 12.3 Å². The van der Waals surface area contributed by atoms with Crippen LogP contribution in [0.25, 0.3) is 0 Å². The molecule has 0 aromatic heterocycles. The molecule has 0 bridgehead atoms. The highest BCUT2D eigenvalue weighted by Crippen LogP contribution is 2.66. The number of ether oxygens (including phenoxy) is 1.